The number of hydrogen-bond acceptors (Lipinski definition) is 3. The van der Waals surface area contributed by atoms with Crippen LogP contribution in [0.3, 0.4) is 0 Å². The van der Waals surface area contributed by atoms with Crippen LogP contribution in [0.2, 0.25) is 5.02 Å². The van der Waals surface area contributed by atoms with Crippen molar-refractivity contribution in [2.24, 2.45) is 0 Å². The van der Waals surface area contributed by atoms with E-state index in [2.05, 4.69) is 10.6 Å². The molecule has 0 atom stereocenters. The highest BCUT2D eigenvalue weighted by Crippen LogP contribution is 2.35. The summed E-state index contributed by atoms with van der Waals surface area (Å²) in [5, 5.41) is 5.55. The molecule has 26 heavy (non-hydrogen) atoms. The van der Waals surface area contributed by atoms with Crippen molar-refractivity contribution in [3.05, 3.63) is 64.2 Å². The number of alkyl halides is 3. The Labute approximate surface area is 154 Å². The van der Waals surface area contributed by atoms with Gasteiger partial charge in [0.15, 0.2) is 0 Å². The number of benzene rings is 2. The summed E-state index contributed by atoms with van der Waals surface area (Å²) in [6.07, 6.45) is -4.47. The molecule has 8 heteroatoms. The van der Waals surface area contributed by atoms with Crippen LogP contribution in [0.25, 0.3) is 0 Å². The minimum absolute atomic E-state index is 0.000700. The van der Waals surface area contributed by atoms with E-state index in [9.17, 15) is 18.0 Å². The second-order valence-electron chi connectivity index (χ2n) is 5.45. The van der Waals surface area contributed by atoms with E-state index in [1.54, 1.807) is 31.3 Å². The SMILES string of the molecule is CNCCNC(=O)c1ccccc1COc1ccc(C(F)(F)F)cc1Cl. The molecule has 0 aliphatic rings. The van der Waals surface area contributed by atoms with Crippen LogP contribution in [0.15, 0.2) is 42.5 Å². The first kappa shape index (κ1) is 20.1. The van der Waals surface area contributed by atoms with Crippen LogP contribution in [0.1, 0.15) is 21.5 Å². The second-order valence-corrected chi connectivity index (χ2v) is 5.86. The summed E-state index contributed by atoms with van der Waals surface area (Å²) in [6, 6.07) is 9.72. The van der Waals surface area contributed by atoms with Crippen molar-refractivity contribution in [1.29, 1.82) is 0 Å². The summed E-state index contributed by atoms with van der Waals surface area (Å²) in [5.74, 6) is -0.136. The zero-order valence-electron chi connectivity index (χ0n) is 14.0. The predicted molar refractivity (Wildman–Crippen MR) is 93.5 cm³/mol. The van der Waals surface area contributed by atoms with Gasteiger partial charge in [-0.25, -0.2) is 0 Å². The molecule has 0 saturated carbocycles. The number of carbonyl (C=O) groups excluding carboxylic acids is 1. The van der Waals surface area contributed by atoms with E-state index in [4.69, 9.17) is 16.3 Å². The van der Waals surface area contributed by atoms with Gasteiger partial charge in [-0.1, -0.05) is 29.8 Å². The Morgan fingerprint density at radius 3 is 2.54 bits per heavy atom. The lowest BCUT2D eigenvalue weighted by Gasteiger charge is -2.13. The molecule has 2 N–H and O–H groups in total. The molecule has 0 aliphatic carbocycles. The highest BCUT2D eigenvalue weighted by molar-refractivity contribution is 6.32. The number of hydrogen-bond donors (Lipinski definition) is 2. The molecule has 1 amide bonds. The van der Waals surface area contributed by atoms with Crippen molar-refractivity contribution in [3.63, 3.8) is 0 Å². The van der Waals surface area contributed by atoms with E-state index < -0.39 is 11.7 Å². The molecule has 0 bridgehead atoms. The fraction of sp³-hybridized carbons (Fsp3) is 0.278. The number of carbonyl (C=O) groups is 1. The van der Waals surface area contributed by atoms with Crippen LogP contribution < -0.4 is 15.4 Å². The van der Waals surface area contributed by atoms with Crippen molar-refractivity contribution < 1.29 is 22.7 Å². The molecule has 2 rings (SSSR count). The zero-order chi connectivity index (χ0) is 19.2. The van der Waals surface area contributed by atoms with Gasteiger partial charge in [0, 0.05) is 24.2 Å². The average Bonchev–Trinajstić information content (AvgIpc) is 2.60. The van der Waals surface area contributed by atoms with Crippen molar-refractivity contribution in [3.8, 4) is 5.75 Å². The smallest absolute Gasteiger partial charge is 0.416 e. The van der Waals surface area contributed by atoms with Gasteiger partial charge in [0.05, 0.1) is 10.6 Å². The lowest BCUT2D eigenvalue weighted by Crippen LogP contribution is -2.31. The summed E-state index contributed by atoms with van der Waals surface area (Å²) < 4.78 is 43.5. The topological polar surface area (TPSA) is 50.4 Å². The van der Waals surface area contributed by atoms with E-state index in [1.807, 2.05) is 0 Å². The van der Waals surface area contributed by atoms with Crippen LogP contribution >= 0.6 is 11.6 Å². The molecule has 0 aliphatic heterocycles. The Kier molecular flexibility index (Phi) is 6.88. The summed E-state index contributed by atoms with van der Waals surface area (Å²) in [5.41, 5.74) is 0.191. The van der Waals surface area contributed by atoms with Gasteiger partial charge in [-0.2, -0.15) is 13.2 Å². The fourth-order valence-corrected chi connectivity index (χ4v) is 2.45. The van der Waals surface area contributed by atoms with Crippen molar-refractivity contribution >= 4 is 17.5 Å². The van der Waals surface area contributed by atoms with Gasteiger partial charge in [0.2, 0.25) is 0 Å². The van der Waals surface area contributed by atoms with Crippen molar-refractivity contribution in [2.75, 3.05) is 20.1 Å². The van der Waals surface area contributed by atoms with Crippen molar-refractivity contribution in [1.82, 2.24) is 10.6 Å². The number of nitrogens with one attached hydrogen (secondary N) is 2. The Morgan fingerprint density at radius 1 is 1.15 bits per heavy atom. The van der Waals surface area contributed by atoms with Crippen LogP contribution in [0, 0.1) is 0 Å². The maximum absolute atomic E-state index is 12.7. The van der Waals surface area contributed by atoms with E-state index >= 15 is 0 Å². The Balaban J connectivity index is 2.09. The molecule has 0 spiro atoms. The molecule has 0 fully saturated rings. The maximum Gasteiger partial charge on any atom is 0.416 e. The summed E-state index contributed by atoms with van der Waals surface area (Å²) in [4.78, 5) is 12.2. The molecular formula is C18H18ClF3N2O2. The Bertz CT molecular complexity index is 766. The monoisotopic (exact) mass is 386 g/mol. The van der Waals surface area contributed by atoms with Gasteiger partial charge >= 0.3 is 6.18 Å². The first-order valence-corrected chi connectivity index (χ1v) is 8.21. The average molecular weight is 387 g/mol. The first-order valence-electron chi connectivity index (χ1n) is 7.83. The summed E-state index contributed by atoms with van der Waals surface area (Å²) >= 11 is 5.88. The lowest BCUT2D eigenvalue weighted by atomic mass is 10.1. The number of likely N-dealkylation sites (N-methyl/N-ethyl adjacent to an activating group) is 1. The Morgan fingerprint density at radius 2 is 1.88 bits per heavy atom. The lowest BCUT2D eigenvalue weighted by molar-refractivity contribution is -0.137. The minimum Gasteiger partial charge on any atom is -0.487 e. The standard InChI is InChI=1S/C18H18ClF3N2O2/c1-23-8-9-24-17(25)14-5-3-2-4-12(14)11-26-16-7-6-13(10-15(16)19)18(20,21)22/h2-7,10,23H,8-9,11H2,1H3,(H,24,25). The summed E-state index contributed by atoms with van der Waals surface area (Å²) in [7, 11) is 1.78. The third-order valence-corrected chi connectivity index (χ3v) is 3.86. The molecule has 0 saturated heterocycles. The maximum atomic E-state index is 12.7. The second kappa shape index (κ2) is 8.91. The third kappa shape index (κ3) is 5.37. The normalized spacial score (nSPS) is 11.3. The van der Waals surface area contributed by atoms with Gasteiger partial charge in [0.1, 0.15) is 12.4 Å². The van der Waals surface area contributed by atoms with Gasteiger partial charge < -0.3 is 15.4 Å². The zero-order valence-corrected chi connectivity index (χ0v) is 14.7. The predicted octanol–water partition coefficient (Wildman–Crippen LogP) is 3.89. The molecule has 0 heterocycles. The van der Waals surface area contributed by atoms with E-state index in [0.29, 0.717) is 24.2 Å². The molecule has 4 nitrogen and oxygen atoms in total. The first-order chi connectivity index (χ1) is 12.3. The molecule has 0 unspecified atom stereocenters. The quantitative estimate of drug-likeness (QED) is 0.710. The highest BCUT2D eigenvalue weighted by Gasteiger charge is 2.31. The summed E-state index contributed by atoms with van der Waals surface area (Å²) in [6.45, 7) is 1.10. The molecule has 2 aromatic rings. The van der Waals surface area contributed by atoms with Gasteiger partial charge in [0.25, 0.3) is 5.91 Å². The van der Waals surface area contributed by atoms with Crippen LogP contribution in [-0.2, 0) is 12.8 Å². The van der Waals surface area contributed by atoms with Crippen LogP contribution in [0.5, 0.6) is 5.75 Å². The number of amides is 1. The van der Waals surface area contributed by atoms with Gasteiger partial charge in [-0.15, -0.1) is 0 Å². The van der Waals surface area contributed by atoms with Gasteiger partial charge in [-0.3, -0.25) is 4.79 Å². The van der Waals surface area contributed by atoms with E-state index in [0.717, 1.165) is 12.1 Å². The highest BCUT2D eigenvalue weighted by atomic mass is 35.5. The number of halogens is 4. The Hall–Kier alpha value is -2.25. The van der Waals surface area contributed by atoms with E-state index in [1.165, 1.54) is 6.07 Å². The molecule has 140 valence electrons. The van der Waals surface area contributed by atoms with Crippen molar-refractivity contribution in [2.45, 2.75) is 12.8 Å². The third-order valence-electron chi connectivity index (χ3n) is 3.56. The van der Waals surface area contributed by atoms with Crippen LogP contribution in [0.4, 0.5) is 13.2 Å². The van der Waals surface area contributed by atoms with Gasteiger partial charge in [-0.05, 0) is 31.3 Å². The fourth-order valence-electron chi connectivity index (χ4n) is 2.21. The molecule has 0 aromatic heterocycles. The number of ether oxygens (including phenoxy) is 1. The number of rotatable bonds is 7. The van der Waals surface area contributed by atoms with E-state index in [-0.39, 0.29) is 23.3 Å². The van der Waals surface area contributed by atoms with Crippen LogP contribution in [-0.4, -0.2) is 26.0 Å². The molecule has 2 aromatic carbocycles. The largest absolute Gasteiger partial charge is 0.487 e. The molecular weight excluding hydrogens is 369 g/mol. The minimum atomic E-state index is -4.47. The molecule has 0 radical (unpaired) electrons.